The summed E-state index contributed by atoms with van der Waals surface area (Å²) < 4.78 is 31.6. The molecular weight excluding hydrogens is 450 g/mol. The van der Waals surface area contributed by atoms with Gasteiger partial charge in [0.05, 0.1) is 12.1 Å². The summed E-state index contributed by atoms with van der Waals surface area (Å²) in [5.74, 6) is -1.000. The first-order valence-electron chi connectivity index (χ1n) is 12.5. The van der Waals surface area contributed by atoms with Crippen molar-refractivity contribution in [2.75, 3.05) is 0 Å². The van der Waals surface area contributed by atoms with Crippen molar-refractivity contribution in [3.63, 3.8) is 0 Å². The van der Waals surface area contributed by atoms with Crippen LogP contribution in [-0.4, -0.2) is 20.2 Å². The van der Waals surface area contributed by atoms with Crippen LogP contribution in [0.2, 0.25) is 0 Å². The van der Waals surface area contributed by atoms with E-state index in [0.717, 1.165) is 56.1 Å². The van der Waals surface area contributed by atoms with Crippen molar-refractivity contribution in [3.05, 3.63) is 81.5 Å². The van der Waals surface area contributed by atoms with Crippen molar-refractivity contribution in [2.24, 2.45) is 0 Å². The van der Waals surface area contributed by atoms with E-state index >= 15 is 0 Å². The van der Waals surface area contributed by atoms with E-state index in [4.69, 9.17) is 0 Å². The third-order valence-electron chi connectivity index (χ3n) is 6.99. The number of carboxylic acids is 1. The Morgan fingerprint density at radius 3 is 2.37 bits per heavy atom. The maximum absolute atomic E-state index is 14.3. The fraction of sp³-hybridized carbons (Fsp3) is 0.429. The molecule has 0 atom stereocenters. The van der Waals surface area contributed by atoms with Crippen LogP contribution >= 0.6 is 0 Å². The molecule has 1 aliphatic rings. The summed E-state index contributed by atoms with van der Waals surface area (Å²) in [4.78, 5) is 25.1. The zero-order valence-corrected chi connectivity index (χ0v) is 20.1. The summed E-state index contributed by atoms with van der Waals surface area (Å²) in [6.45, 7) is 2.22. The number of carbonyl (C=O) groups is 1. The topological polar surface area (TPSA) is 64.2 Å². The van der Waals surface area contributed by atoms with Gasteiger partial charge in [0.25, 0.3) is 6.43 Å². The molecule has 1 heterocycles. The molecule has 1 N–H and O–H groups in total. The Morgan fingerprint density at radius 2 is 1.74 bits per heavy atom. The number of rotatable bonds is 9. The Hall–Kier alpha value is -3.22. The van der Waals surface area contributed by atoms with Crippen LogP contribution in [0.5, 0.6) is 0 Å². The lowest BCUT2D eigenvalue weighted by molar-refractivity contribution is 0.0697. The standard InChI is InChI=1S/C28H32F2N2O3/c1-2-3-13-24-25(26(29)30)32(21-9-5-4-6-10-21)28(35)31(24)18-19-14-16-20(17-15-19)22-11-7-8-12-23(22)27(33)34/h7-8,11-12,14-17,21,26H,2-6,9-10,13,18H2,1H3,(H,33,34). The van der Waals surface area contributed by atoms with Gasteiger partial charge in [-0.25, -0.2) is 18.4 Å². The number of nitrogens with zero attached hydrogens (tertiary/aromatic N) is 2. The zero-order valence-electron chi connectivity index (χ0n) is 20.1. The molecule has 0 aliphatic heterocycles. The fourth-order valence-corrected chi connectivity index (χ4v) is 5.21. The summed E-state index contributed by atoms with van der Waals surface area (Å²) in [5.41, 5.74) is 2.36. The quantitative estimate of drug-likeness (QED) is 0.363. The summed E-state index contributed by atoms with van der Waals surface area (Å²) in [5, 5.41) is 9.49. The van der Waals surface area contributed by atoms with Crippen molar-refractivity contribution in [1.82, 2.24) is 9.13 Å². The predicted octanol–water partition coefficient (Wildman–Crippen LogP) is 6.85. The van der Waals surface area contributed by atoms with Crippen LogP contribution in [0.4, 0.5) is 8.78 Å². The molecule has 0 radical (unpaired) electrons. The first kappa shape index (κ1) is 24.9. The molecule has 35 heavy (non-hydrogen) atoms. The van der Waals surface area contributed by atoms with Gasteiger partial charge in [-0.3, -0.25) is 9.13 Å². The molecule has 1 aromatic heterocycles. The van der Waals surface area contributed by atoms with E-state index in [-0.39, 0.29) is 29.5 Å². The second-order valence-electron chi connectivity index (χ2n) is 9.31. The van der Waals surface area contributed by atoms with Gasteiger partial charge in [0.1, 0.15) is 5.69 Å². The number of alkyl halides is 2. The molecule has 0 amide bonds. The summed E-state index contributed by atoms with van der Waals surface area (Å²) in [6, 6.07) is 13.9. The molecule has 186 valence electrons. The van der Waals surface area contributed by atoms with Crippen LogP contribution in [-0.2, 0) is 13.0 Å². The highest BCUT2D eigenvalue weighted by atomic mass is 19.3. The number of carboxylic acid groups (broad SMARTS) is 1. The van der Waals surface area contributed by atoms with Crippen LogP contribution in [0.15, 0.2) is 53.3 Å². The first-order chi connectivity index (χ1) is 16.9. The fourth-order valence-electron chi connectivity index (χ4n) is 5.21. The van der Waals surface area contributed by atoms with Gasteiger partial charge in [-0.2, -0.15) is 0 Å². The second kappa shape index (κ2) is 11.0. The van der Waals surface area contributed by atoms with Crippen molar-refractivity contribution in [2.45, 2.75) is 77.3 Å². The number of aromatic nitrogens is 2. The maximum Gasteiger partial charge on any atom is 0.336 e. The van der Waals surface area contributed by atoms with Crippen molar-refractivity contribution in [3.8, 4) is 11.1 Å². The molecule has 2 aromatic carbocycles. The third kappa shape index (κ3) is 5.24. The van der Waals surface area contributed by atoms with Gasteiger partial charge in [-0.1, -0.05) is 75.1 Å². The van der Waals surface area contributed by atoms with Gasteiger partial charge < -0.3 is 5.11 Å². The Labute approximate surface area is 204 Å². The lowest BCUT2D eigenvalue weighted by Crippen LogP contribution is -2.30. The minimum absolute atomic E-state index is 0.109. The Kier molecular flexibility index (Phi) is 7.83. The van der Waals surface area contributed by atoms with Gasteiger partial charge in [0.15, 0.2) is 0 Å². The highest BCUT2D eigenvalue weighted by Gasteiger charge is 2.30. The average Bonchev–Trinajstić information content (AvgIpc) is 3.15. The molecule has 1 fully saturated rings. The molecule has 3 aromatic rings. The van der Waals surface area contributed by atoms with Crippen molar-refractivity contribution >= 4 is 5.97 Å². The smallest absolute Gasteiger partial charge is 0.336 e. The van der Waals surface area contributed by atoms with E-state index in [1.54, 1.807) is 24.3 Å². The minimum Gasteiger partial charge on any atom is -0.478 e. The number of hydrogen-bond acceptors (Lipinski definition) is 2. The van der Waals surface area contributed by atoms with Gasteiger partial charge in [-0.05, 0) is 48.4 Å². The Morgan fingerprint density at radius 1 is 1.06 bits per heavy atom. The van der Waals surface area contributed by atoms with Gasteiger partial charge in [-0.15, -0.1) is 0 Å². The summed E-state index contributed by atoms with van der Waals surface area (Å²) in [6.07, 6.45) is 3.83. The highest BCUT2D eigenvalue weighted by molar-refractivity contribution is 5.95. The van der Waals surface area contributed by atoms with E-state index < -0.39 is 12.4 Å². The van der Waals surface area contributed by atoms with E-state index in [2.05, 4.69) is 0 Å². The Bertz CT molecular complexity index is 1220. The van der Waals surface area contributed by atoms with Gasteiger partial charge >= 0.3 is 11.7 Å². The molecule has 0 spiro atoms. The van der Waals surface area contributed by atoms with Crippen LogP contribution in [0.1, 0.15) is 91.6 Å². The van der Waals surface area contributed by atoms with E-state index in [0.29, 0.717) is 17.7 Å². The van der Waals surface area contributed by atoms with Crippen LogP contribution < -0.4 is 5.69 Å². The molecule has 0 bridgehead atoms. The molecule has 0 saturated heterocycles. The number of imidazole rings is 1. The largest absolute Gasteiger partial charge is 0.478 e. The SMILES string of the molecule is CCCCc1c(C(F)F)n(C2CCCCC2)c(=O)n1Cc1ccc(-c2ccccc2C(=O)O)cc1. The van der Waals surface area contributed by atoms with Crippen molar-refractivity contribution in [1.29, 1.82) is 0 Å². The average molecular weight is 483 g/mol. The molecule has 0 unspecified atom stereocenters. The zero-order chi connectivity index (χ0) is 24.9. The highest BCUT2D eigenvalue weighted by Crippen LogP contribution is 2.33. The molecular formula is C28H32F2N2O3. The maximum atomic E-state index is 14.3. The van der Waals surface area contributed by atoms with Gasteiger partial charge in [0, 0.05) is 11.7 Å². The number of benzene rings is 2. The normalized spacial score (nSPS) is 14.5. The van der Waals surface area contributed by atoms with Crippen LogP contribution in [0.3, 0.4) is 0 Å². The van der Waals surface area contributed by atoms with E-state index in [1.165, 1.54) is 9.13 Å². The summed E-state index contributed by atoms with van der Waals surface area (Å²) in [7, 11) is 0. The number of unbranched alkanes of at least 4 members (excludes halogenated alkanes) is 1. The molecule has 4 rings (SSSR count). The Balaban J connectivity index is 1.72. The molecule has 7 heteroatoms. The minimum atomic E-state index is -2.70. The number of aromatic carboxylic acids is 1. The monoisotopic (exact) mass is 482 g/mol. The second-order valence-corrected chi connectivity index (χ2v) is 9.31. The van der Waals surface area contributed by atoms with Crippen LogP contribution in [0, 0.1) is 0 Å². The number of hydrogen-bond donors (Lipinski definition) is 1. The first-order valence-corrected chi connectivity index (χ1v) is 12.5. The van der Waals surface area contributed by atoms with Crippen molar-refractivity contribution < 1.29 is 18.7 Å². The molecule has 1 saturated carbocycles. The van der Waals surface area contributed by atoms with Crippen LogP contribution in [0.25, 0.3) is 11.1 Å². The van der Waals surface area contributed by atoms with E-state index in [1.807, 2.05) is 31.2 Å². The lowest BCUT2D eigenvalue weighted by Gasteiger charge is -2.24. The summed E-state index contributed by atoms with van der Waals surface area (Å²) >= 11 is 0. The predicted molar refractivity (Wildman–Crippen MR) is 132 cm³/mol. The third-order valence-corrected chi connectivity index (χ3v) is 6.99. The molecule has 1 aliphatic carbocycles. The molecule has 5 nitrogen and oxygen atoms in total. The van der Waals surface area contributed by atoms with Gasteiger partial charge in [0.2, 0.25) is 0 Å². The number of halogens is 2. The van der Waals surface area contributed by atoms with E-state index in [9.17, 15) is 23.5 Å². The lowest BCUT2D eigenvalue weighted by atomic mass is 9.95.